The minimum Gasteiger partial charge on any atom is -0.497 e. The van der Waals surface area contributed by atoms with Crippen LogP contribution in [-0.2, 0) is 6.54 Å². The van der Waals surface area contributed by atoms with E-state index in [1.807, 2.05) is 18.2 Å². The van der Waals surface area contributed by atoms with E-state index < -0.39 is 4.92 Å². The van der Waals surface area contributed by atoms with E-state index in [0.29, 0.717) is 43.9 Å². The molecule has 156 valence electrons. The summed E-state index contributed by atoms with van der Waals surface area (Å²) in [6, 6.07) is 10.4. The number of ether oxygens (including phenoxy) is 1. The Hall–Kier alpha value is -3.46. The topological polar surface area (TPSA) is 105 Å². The molecule has 4 rings (SSSR count). The van der Waals surface area contributed by atoms with Crippen LogP contribution in [0.5, 0.6) is 5.75 Å². The van der Waals surface area contributed by atoms with Crippen molar-refractivity contribution < 1.29 is 14.5 Å². The average Bonchev–Trinajstić information content (AvgIpc) is 3.15. The number of carbonyl (C=O) groups excluding carboxylic acids is 1. The van der Waals surface area contributed by atoms with E-state index in [1.165, 1.54) is 6.07 Å². The third-order valence-corrected chi connectivity index (χ3v) is 5.42. The van der Waals surface area contributed by atoms with Gasteiger partial charge in [0.1, 0.15) is 11.6 Å². The van der Waals surface area contributed by atoms with Gasteiger partial charge in [-0.05, 0) is 25.1 Å². The van der Waals surface area contributed by atoms with Gasteiger partial charge in [-0.2, -0.15) is 0 Å². The molecule has 0 aliphatic carbocycles. The largest absolute Gasteiger partial charge is 0.497 e. The maximum absolute atomic E-state index is 12.8. The van der Waals surface area contributed by atoms with E-state index in [-0.39, 0.29) is 11.6 Å². The van der Waals surface area contributed by atoms with E-state index in [9.17, 15) is 14.9 Å². The molecule has 2 aromatic carbocycles. The number of rotatable bonds is 5. The molecule has 3 aromatic rings. The van der Waals surface area contributed by atoms with Crippen molar-refractivity contribution >= 4 is 22.6 Å². The van der Waals surface area contributed by atoms with Gasteiger partial charge in [-0.25, -0.2) is 4.98 Å². The highest BCUT2D eigenvalue weighted by molar-refractivity contribution is 5.95. The quantitative estimate of drug-likeness (QED) is 0.513. The lowest BCUT2D eigenvalue weighted by Crippen LogP contribution is -2.48. The Balaban J connectivity index is 1.38. The van der Waals surface area contributed by atoms with E-state index in [1.54, 1.807) is 31.1 Å². The molecule has 1 aromatic heterocycles. The molecule has 1 aliphatic heterocycles. The SMILES string of the molecule is COc1ccc2nc(CN3CCN(C(=O)c4ccc(C)c([N+](=O)[O-])c4)CC3)[nH]c2c1. The van der Waals surface area contributed by atoms with Crippen molar-refractivity contribution in [2.24, 2.45) is 0 Å². The number of nitrogens with zero attached hydrogens (tertiary/aromatic N) is 4. The number of methoxy groups -OCH3 is 1. The molecule has 9 heteroatoms. The highest BCUT2D eigenvalue weighted by Gasteiger charge is 2.24. The second kappa shape index (κ2) is 8.11. The predicted octanol–water partition coefficient (Wildman–Crippen LogP) is 2.75. The lowest BCUT2D eigenvalue weighted by atomic mass is 10.1. The maximum atomic E-state index is 12.8. The monoisotopic (exact) mass is 409 g/mol. The Morgan fingerprint density at radius 1 is 1.20 bits per heavy atom. The minimum absolute atomic E-state index is 0.0269. The van der Waals surface area contributed by atoms with Crippen LogP contribution >= 0.6 is 0 Å². The lowest BCUT2D eigenvalue weighted by Gasteiger charge is -2.34. The fourth-order valence-electron chi connectivity index (χ4n) is 3.69. The lowest BCUT2D eigenvalue weighted by molar-refractivity contribution is -0.385. The van der Waals surface area contributed by atoms with Gasteiger partial charge in [0.15, 0.2) is 0 Å². The summed E-state index contributed by atoms with van der Waals surface area (Å²) >= 11 is 0. The van der Waals surface area contributed by atoms with E-state index in [4.69, 9.17) is 4.74 Å². The molecule has 1 saturated heterocycles. The third-order valence-electron chi connectivity index (χ3n) is 5.42. The second-order valence-electron chi connectivity index (χ2n) is 7.39. The Morgan fingerprint density at radius 2 is 1.97 bits per heavy atom. The van der Waals surface area contributed by atoms with Crippen LogP contribution in [0, 0.1) is 17.0 Å². The number of carbonyl (C=O) groups is 1. The Morgan fingerprint density at radius 3 is 2.67 bits per heavy atom. The molecule has 0 spiro atoms. The highest BCUT2D eigenvalue weighted by Crippen LogP contribution is 2.22. The zero-order valence-corrected chi connectivity index (χ0v) is 16.9. The van der Waals surface area contributed by atoms with E-state index in [2.05, 4.69) is 14.9 Å². The van der Waals surface area contributed by atoms with Gasteiger partial charge in [0, 0.05) is 49.4 Å². The molecular formula is C21H23N5O4. The van der Waals surface area contributed by atoms with Gasteiger partial charge in [-0.1, -0.05) is 6.07 Å². The predicted molar refractivity (Wildman–Crippen MR) is 112 cm³/mol. The molecule has 1 N–H and O–H groups in total. The summed E-state index contributed by atoms with van der Waals surface area (Å²) in [6.45, 7) is 4.87. The smallest absolute Gasteiger partial charge is 0.273 e. The summed E-state index contributed by atoms with van der Waals surface area (Å²) in [5.74, 6) is 1.47. The van der Waals surface area contributed by atoms with Crippen molar-refractivity contribution in [1.82, 2.24) is 19.8 Å². The number of nitro benzene ring substituents is 1. The minimum atomic E-state index is -0.451. The molecule has 30 heavy (non-hydrogen) atoms. The van der Waals surface area contributed by atoms with Crippen molar-refractivity contribution in [2.75, 3.05) is 33.3 Å². The number of nitrogens with one attached hydrogen (secondary N) is 1. The Kier molecular flexibility index (Phi) is 5.37. The van der Waals surface area contributed by atoms with Gasteiger partial charge in [0.05, 0.1) is 29.6 Å². The number of fused-ring (bicyclic) bond motifs is 1. The number of hydrogen-bond acceptors (Lipinski definition) is 6. The van der Waals surface area contributed by atoms with Crippen molar-refractivity contribution in [3.63, 3.8) is 0 Å². The number of aromatic nitrogens is 2. The average molecular weight is 409 g/mol. The van der Waals surface area contributed by atoms with Crippen molar-refractivity contribution in [3.8, 4) is 5.75 Å². The Bertz CT molecular complexity index is 1100. The van der Waals surface area contributed by atoms with Crippen molar-refractivity contribution in [2.45, 2.75) is 13.5 Å². The first kappa shape index (κ1) is 19.8. The van der Waals surface area contributed by atoms with Crippen molar-refractivity contribution in [3.05, 3.63) is 63.5 Å². The van der Waals surface area contributed by atoms with Crippen LogP contribution in [-0.4, -0.2) is 63.9 Å². The van der Waals surface area contributed by atoms with Crippen LogP contribution < -0.4 is 4.74 Å². The number of piperazine rings is 1. The van der Waals surface area contributed by atoms with Crippen molar-refractivity contribution in [1.29, 1.82) is 0 Å². The zero-order valence-electron chi connectivity index (χ0n) is 16.9. The summed E-state index contributed by atoms with van der Waals surface area (Å²) < 4.78 is 5.25. The molecule has 0 saturated carbocycles. The number of nitro groups is 1. The first-order chi connectivity index (χ1) is 14.4. The molecule has 1 aliphatic rings. The molecule has 2 heterocycles. The molecule has 1 amide bonds. The molecule has 0 atom stereocenters. The zero-order chi connectivity index (χ0) is 21.3. The first-order valence-corrected chi connectivity index (χ1v) is 9.74. The van der Waals surface area contributed by atoms with Crippen LogP contribution in [0.25, 0.3) is 11.0 Å². The van der Waals surface area contributed by atoms with Gasteiger partial charge in [0.25, 0.3) is 11.6 Å². The van der Waals surface area contributed by atoms with Gasteiger partial charge >= 0.3 is 0 Å². The van der Waals surface area contributed by atoms with Crippen LogP contribution in [0.3, 0.4) is 0 Å². The normalized spacial score (nSPS) is 14.8. The summed E-state index contributed by atoms with van der Waals surface area (Å²) in [5.41, 5.74) is 2.69. The maximum Gasteiger partial charge on any atom is 0.273 e. The summed E-state index contributed by atoms with van der Waals surface area (Å²) in [7, 11) is 1.63. The van der Waals surface area contributed by atoms with Gasteiger partial charge in [0.2, 0.25) is 0 Å². The molecule has 0 bridgehead atoms. The molecule has 1 fully saturated rings. The number of benzene rings is 2. The van der Waals surface area contributed by atoms with Crippen LogP contribution in [0.15, 0.2) is 36.4 Å². The summed E-state index contributed by atoms with van der Waals surface area (Å²) in [4.78, 5) is 35.4. The number of amides is 1. The molecule has 0 unspecified atom stereocenters. The standard InChI is InChI=1S/C21H23N5O4/c1-14-3-4-15(11-19(14)26(28)29)21(27)25-9-7-24(8-10-25)13-20-22-17-6-5-16(30-2)12-18(17)23-20/h3-6,11-12H,7-10,13H2,1-2H3,(H,22,23). The number of aryl methyl sites for hydroxylation is 1. The third kappa shape index (κ3) is 3.97. The fraction of sp³-hybridized carbons (Fsp3) is 0.333. The highest BCUT2D eigenvalue weighted by atomic mass is 16.6. The van der Waals surface area contributed by atoms with Gasteiger partial charge in [-0.15, -0.1) is 0 Å². The number of H-pyrrole nitrogens is 1. The number of imidazole rings is 1. The molecule has 0 radical (unpaired) electrons. The van der Waals surface area contributed by atoms with E-state index in [0.717, 1.165) is 22.6 Å². The molecule has 9 nitrogen and oxygen atoms in total. The second-order valence-corrected chi connectivity index (χ2v) is 7.39. The fourth-order valence-corrected chi connectivity index (χ4v) is 3.69. The van der Waals surface area contributed by atoms with E-state index >= 15 is 0 Å². The number of aromatic amines is 1. The number of hydrogen-bond donors (Lipinski definition) is 1. The van der Waals surface area contributed by atoms with Gasteiger partial charge < -0.3 is 14.6 Å². The first-order valence-electron chi connectivity index (χ1n) is 9.74. The molecular weight excluding hydrogens is 386 g/mol. The van der Waals surface area contributed by atoms with Crippen LogP contribution in [0.4, 0.5) is 5.69 Å². The van der Waals surface area contributed by atoms with Gasteiger partial charge in [-0.3, -0.25) is 19.8 Å². The summed E-state index contributed by atoms with van der Waals surface area (Å²) in [6.07, 6.45) is 0. The summed E-state index contributed by atoms with van der Waals surface area (Å²) in [5, 5.41) is 11.1. The van der Waals surface area contributed by atoms with Crippen LogP contribution in [0.2, 0.25) is 0 Å². The van der Waals surface area contributed by atoms with Crippen LogP contribution in [0.1, 0.15) is 21.7 Å². The Labute approximate surface area is 173 Å².